The number of benzene rings is 2. The average molecular weight is 558 g/mol. The molecule has 41 heavy (non-hydrogen) atoms. The highest BCUT2D eigenvalue weighted by Gasteiger charge is 2.44. The molecule has 2 aliphatic rings. The van der Waals surface area contributed by atoms with Gasteiger partial charge in [0, 0.05) is 40.3 Å². The van der Waals surface area contributed by atoms with Crippen LogP contribution in [-0.4, -0.2) is 74.7 Å². The molecule has 0 saturated carbocycles. The van der Waals surface area contributed by atoms with Crippen molar-refractivity contribution in [3.05, 3.63) is 81.0 Å². The summed E-state index contributed by atoms with van der Waals surface area (Å²) < 4.78 is 9.76. The Balaban J connectivity index is 1.29. The predicted molar refractivity (Wildman–Crippen MR) is 153 cm³/mol. The first-order valence-electron chi connectivity index (χ1n) is 13.5. The van der Waals surface area contributed by atoms with E-state index in [2.05, 4.69) is 4.90 Å². The number of fused-ring (bicyclic) bond motifs is 1. The van der Waals surface area contributed by atoms with Crippen LogP contribution < -0.4 is 25.8 Å². The smallest absolute Gasteiger partial charge is 0.332 e. The molecule has 2 amide bonds. The Bertz CT molecular complexity index is 1770. The summed E-state index contributed by atoms with van der Waals surface area (Å²) in [5.41, 5.74) is 1.30. The molecular formula is C29H31N7O5. The third-order valence-corrected chi connectivity index (χ3v) is 8.00. The Labute approximate surface area is 235 Å². The number of carbonyl (C=O) groups is 2. The number of piperazine rings is 1. The van der Waals surface area contributed by atoms with Crippen molar-refractivity contribution in [1.82, 2.24) is 23.6 Å². The molecule has 212 valence electrons. The fourth-order valence-electron chi connectivity index (χ4n) is 5.79. The van der Waals surface area contributed by atoms with Crippen LogP contribution in [0.1, 0.15) is 12.0 Å². The molecule has 4 aromatic rings. The number of methoxy groups -OCH3 is 1. The lowest BCUT2D eigenvalue weighted by Crippen LogP contribution is -2.53. The van der Waals surface area contributed by atoms with Gasteiger partial charge in [0.15, 0.2) is 11.2 Å². The summed E-state index contributed by atoms with van der Waals surface area (Å²) in [5.74, 6) is 0.542. The standard InChI is InChI=1S/C29H31N7O5/c1-31-25-24(27(39)32(2)29(31)40)35(18-19-9-5-4-6-10-19)28(30-25)34-15-13-33(14-16-34)21-17-23(37)36(26(21)38)20-11-7-8-12-22(20)41-3/h4-12,21H,13-18H2,1-3H3. The van der Waals surface area contributed by atoms with Crippen molar-refractivity contribution < 1.29 is 14.3 Å². The molecule has 2 aromatic heterocycles. The fourth-order valence-corrected chi connectivity index (χ4v) is 5.79. The van der Waals surface area contributed by atoms with Crippen LogP contribution in [0.4, 0.5) is 11.6 Å². The highest BCUT2D eigenvalue weighted by Crippen LogP contribution is 2.33. The number of nitrogens with zero attached hydrogens (tertiary/aromatic N) is 7. The molecule has 2 fully saturated rings. The van der Waals surface area contributed by atoms with Gasteiger partial charge in [-0.15, -0.1) is 0 Å². The third kappa shape index (κ3) is 4.40. The van der Waals surface area contributed by atoms with Gasteiger partial charge in [0.1, 0.15) is 5.75 Å². The summed E-state index contributed by atoms with van der Waals surface area (Å²) in [6.07, 6.45) is 0.0988. The number of para-hydroxylation sites is 2. The molecule has 12 nitrogen and oxygen atoms in total. The van der Waals surface area contributed by atoms with E-state index in [9.17, 15) is 19.2 Å². The summed E-state index contributed by atoms with van der Waals surface area (Å²) in [4.78, 5) is 62.5. The van der Waals surface area contributed by atoms with Crippen LogP contribution in [0.5, 0.6) is 5.75 Å². The molecule has 0 spiro atoms. The third-order valence-electron chi connectivity index (χ3n) is 8.00. The highest BCUT2D eigenvalue weighted by molar-refractivity contribution is 6.23. The number of aryl methyl sites for hydroxylation is 1. The normalized spacial score (nSPS) is 18.1. The SMILES string of the molecule is COc1ccccc1N1C(=O)CC(N2CCN(c3nc4c(c(=O)n(C)c(=O)n4C)n3Cc3ccccc3)CC2)C1=O. The van der Waals surface area contributed by atoms with Gasteiger partial charge in [-0.05, 0) is 17.7 Å². The zero-order valence-corrected chi connectivity index (χ0v) is 23.2. The zero-order chi connectivity index (χ0) is 28.8. The van der Waals surface area contributed by atoms with Gasteiger partial charge in [0.2, 0.25) is 11.9 Å². The number of aromatic nitrogens is 4. The summed E-state index contributed by atoms with van der Waals surface area (Å²) >= 11 is 0. The number of hydrogen-bond acceptors (Lipinski definition) is 8. The van der Waals surface area contributed by atoms with E-state index in [-0.39, 0.29) is 18.2 Å². The van der Waals surface area contributed by atoms with Gasteiger partial charge in [0.05, 0.1) is 31.8 Å². The van der Waals surface area contributed by atoms with E-state index in [0.29, 0.717) is 61.3 Å². The molecule has 1 atom stereocenters. The first kappa shape index (κ1) is 26.5. The van der Waals surface area contributed by atoms with Gasteiger partial charge in [-0.2, -0.15) is 4.98 Å². The van der Waals surface area contributed by atoms with Crippen molar-refractivity contribution in [3.63, 3.8) is 0 Å². The first-order valence-corrected chi connectivity index (χ1v) is 13.5. The fraction of sp³-hybridized carbons (Fsp3) is 0.345. The van der Waals surface area contributed by atoms with Crippen molar-refractivity contribution in [2.24, 2.45) is 14.1 Å². The second kappa shape index (κ2) is 10.4. The number of carbonyl (C=O) groups excluding carboxylic acids is 2. The van der Waals surface area contributed by atoms with Gasteiger partial charge in [-0.25, -0.2) is 9.69 Å². The minimum absolute atomic E-state index is 0.0988. The molecule has 2 aliphatic heterocycles. The van der Waals surface area contributed by atoms with Gasteiger partial charge in [-0.1, -0.05) is 42.5 Å². The van der Waals surface area contributed by atoms with E-state index in [1.807, 2.05) is 39.8 Å². The van der Waals surface area contributed by atoms with E-state index >= 15 is 0 Å². The summed E-state index contributed by atoms with van der Waals surface area (Å²) in [6, 6.07) is 16.2. The molecule has 2 saturated heterocycles. The van der Waals surface area contributed by atoms with E-state index in [1.54, 1.807) is 31.3 Å². The number of amides is 2. The van der Waals surface area contributed by atoms with E-state index < -0.39 is 17.3 Å². The number of imide groups is 1. The Kier molecular flexibility index (Phi) is 6.70. The van der Waals surface area contributed by atoms with Crippen molar-refractivity contribution in [2.45, 2.75) is 19.0 Å². The monoisotopic (exact) mass is 557 g/mol. The maximum atomic E-state index is 13.5. The number of hydrogen-bond donors (Lipinski definition) is 0. The largest absolute Gasteiger partial charge is 0.495 e. The second-order valence-corrected chi connectivity index (χ2v) is 10.3. The maximum Gasteiger partial charge on any atom is 0.332 e. The minimum Gasteiger partial charge on any atom is -0.495 e. The van der Waals surface area contributed by atoms with Gasteiger partial charge >= 0.3 is 5.69 Å². The van der Waals surface area contributed by atoms with E-state index in [1.165, 1.54) is 23.6 Å². The topological polar surface area (TPSA) is 115 Å². The molecule has 0 N–H and O–H groups in total. The maximum absolute atomic E-state index is 13.5. The van der Waals surface area contributed by atoms with Crippen molar-refractivity contribution >= 4 is 34.6 Å². The predicted octanol–water partition coefficient (Wildman–Crippen LogP) is 0.945. The van der Waals surface area contributed by atoms with Crippen LogP contribution in [0.3, 0.4) is 0 Å². The minimum atomic E-state index is -0.564. The van der Waals surface area contributed by atoms with Crippen LogP contribution in [0.2, 0.25) is 0 Å². The van der Waals surface area contributed by atoms with Crippen LogP contribution in [-0.2, 0) is 30.2 Å². The van der Waals surface area contributed by atoms with Crippen molar-refractivity contribution in [2.75, 3.05) is 43.1 Å². The molecular weight excluding hydrogens is 526 g/mol. The molecule has 1 unspecified atom stereocenters. The molecule has 12 heteroatoms. The van der Waals surface area contributed by atoms with E-state index in [4.69, 9.17) is 9.72 Å². The van der Waals surface area contributed by atoms with Gasteiger partial charge in [-0.3, -0.25) is 33.0 Å². The first-order chi connectivity index (χ1) is 19.8. The quantitative estimate of drug-likeness (QED) is 0.322. The average Bonchev–Trinajstić information content (AvgIpc) is 3.52. The number of imidazole rings is 1. The lowest BCUT2D eigenvalue weighted by molar-refractivity contribution is -0.123. The van der Waals surface area contributed by atoms with Crippen LogP contribution in [0.25, 0.3) is 11.2 Å². The van der Waals surface area contributed by atoms with Crippen molar-refractivity contribution in [3.8, 4) is 5.75 Å². The summed E-state index contributed by atoms with van der Waals surface area (Å²) in [6.45, 7) is 2.51. The van der Waals surface area contributed by atoms with Crippen molar-refractivity contribution in [1.29, 1.82) is 0 Å². The Morgan fingerprint density at radius 3 is 2.27 bits per heavy atom. The van der Waals surface area contributed by atoms with Crippen LogP contribution in [0, 0.1) is 0 Å². The Morgan fingerprint density at radius 2 is 1.56 bits per heavy atom. The molecule has 4 heterocycles. The molecule has 0 aliphatic carbocycles. The summed E-state index contributed by atoms with van der Waals surface area (Å²) in [5, 5.41) is 0. The van der Waals surface area contributed by atoms with Gasteiger partial charge in [0.25, 0.3) is 11.5 Å². The number of rotatable bonds is 6. The molecule has 6 rings (SSSR count). The Morgan fingerprint density at radius 1 is 0.878 bits per heavy atom. The lowest BCUT2D eigenvalue weighted by atomic mass is 10.1. The van der Waals surface area contributed by atoms with Gasteiger partial charge < -0.3 is 9.64 Å². The molecule has 2 aromatic carbocycles. The van der Waals surface area contributed by atoms with Crippen LogP contribution in [0.15, 0.2) is 64.2 Å². The number of ether oxygens (including phenoxy) is 1. The molecule has 0 radical (unpaired) electrons. The zero-order valence-electron chi connectivity index (χ0n) is 23.2. The highest BCUT2D eigenvalue weighted by atomic mass is 16.5. The number of anilines is 2. The summed E-state index contributed by atoms with van der Waals surface area (Å²) in [7, 11) is 4.60. The molecule has 0 bridgehead atoms. The van der Waals surface area contributed by atoms with Crippen LogP contribution >= 0.6 is 0 Å². The Hall–Kier alpha value is -4.71. The second-order valence-electron chi connectivity index (χ2n) is 10.3. The lowest BCUT2D eigenvalue weighted by Gasteiger charge is -2.37. The van der Waals surface area contributed by atoms with E-state index in [0.717, 1.165) is 10.1 Å².